The maximum atomic E-state index is 13.5. The van der Waals surface area contributed by atoms with Gasteiger partial charge in [0.25, 0.3) is 5.91 Å². The Morgan fingerprint density at radius 1 is 1.25 bits per heavy atom. The molecule has 2 aromatic heterocycles. The van der Waals surface area contributed by atoms with Gasteiger partial charge < -0.3 is 23.8 Å². The highest BCUT2D eigenvalue weighted by atomic mass is 16.5. The molecule has 1 aromatic carbocycles. The van der Waals surface area contributed by atoms with Gasteiger partial charge in [-0.15, -0.1) is 0 Å². The summed E-state index contributed by atoms with van der Waals surface area (Å²) in [7, 11) is 1.73. The lowest BCUT2D eigenvalue weighted by atomic mass is 9.89. The second kappa shape index (κ2) is 7.38. The van der Waals surface area contributed by atoms with Crippen molar-refractivity contribution in [3.05, 3.63) is 71.7 Å². The number of methoxy groups -OCH3 is 1. The number of carbonyl (C=O) groups is 1. The summed E-state index contributed by atoms with van der Waals surface area (Å²) in [6.45, 7) is 3.37. The highest BCUT2D eigenvalue weighted by Gasteiger charge is 2.50. The second-order valence-corrected chi connectivity index (χ2v) is 8.68. The van der Waals surface area contributed by atoms with Crippen LogP contribution in [0.15, 0.2) is 54.9 Å². The molecule has 3 aliphatic rings. The zero-order chi connectivity index (χ0) is 21.7. The maximum absolute atomic E-state index is 13.5. The van der Waals surface area contributed by atoms with Gasteiger partial charge in [-0.3, -0.25) is 4.79 Å². The highest BCUT2D eigenvalue weighted by molar-refractivity contribution is 5.95. The van der Waals surface area contributed by atoms with Crippen LogP contribution >= 0.6 is 0 Å². The van der Waals surface area contributed by atoms with Crippen LogP contribution < -0.4 is 9.64 Å². The molecule has 32 heavy (non-hydrogen) atoms. The molecule has 0 radical (unpaired) electrons. The van der Waals surface area contributed by atoms with Gasteiger partial charge in [0.2, 0.25) is 0 Å². The minimum Gasteiger partial charge on any atom is -0.493 e. The molecule has 1 spiro atoms. The van der Waals surface area contributed by atoms with Gasteiger partial charge in [0.15, 0.2) is 5.82 Å². The van der Waals surface area contributed by atoms with Crippen molar-refractivity contribution in [3.63, 3.8) is 0 Å². The minimum absolute atomic E-state index is 0.0818. The molecule has 3 aliphatic heterocycles. The Kier molecular flexibility index (Phi) is 4.47. The minimum atomic E-state index is -0.312. The number of ether oxygens (including phenoxy) is 2. The molecule has 7 nitrogen and oxygen atoms in total. The average Bonchev–Trinajstić information content (AvgIpc) is 3.58. The van der Waals surface area contributed by atoms with E-state index in [0.29, 0.717) is 26.3 Å². The van der Waals surface area contributed by atoms with Gasteiger partial charge in [0.05, 0.1) is 24.6 Å². The van der Waals surface area contributed by atoms with Crippen LogP contribution in [0.1, 0.15) is 28.0 Å². The first-order valence-electron chi connectivity index (χ1n) is 11.2. The quantitative estimate of drug-likeness (QED) is 0.637. The average molecular weight is 431 g/mol. The van der Waals surface area contributed by atoms with Gasteiger partial charge in [-0.25, -0.2) is 4.98 Å². The fourth-order valence-electron chi connectivity index (χ4n) is 5.51. The normalized spacial score (nSPS) is 20.8. The maximum Gasteiger partial charge on any atom is 0.253 e. The number of likely N-dealkylation sites (tertiary alicyclic amines) is 1. The smallest absolute Gasteiger partial charge is 0.253 e. The van der Waals surface area contributed by atoms with Gasteiger partial charge in [0, 0.05) is 51.1 Å². The number of rotatable bonds is 4. The molecule has 1 saturated heterocycles. The van der Waals surface area contributed by atoms with Crippen LogP contribution in [0.2, 0.25) is 0 Å². The SMILES string of the molecule is COCCN1c2cccnc2-n2cccc2[C@@]12CCN(C(=O)c1ccc3c(c1)CCO3)C2. The van der Waals surface area contributed by atoms with Crippen molar-refractivity contribution in [3.8, 4) is 11.6 Å². The Morgan fingerprint density at radius 2 is 2.19 bits per heavy atom. The summed E-state index contributed by atoms with van der Waals surface area (Å²) < 4.78 is 13.2. The van der Waals surface area contributed by atoms with Crippen LogP contribution in [0, 0.1) is 0 Å². The van der Waals surface area contributed by atoms with Crippen molar-refractivity contribution in [2.75, 3.05) is 44.9 Å². The molecule has 0 N–H and O–H groups in total. The number of anilines is 1. The molecule has 5 heterocycles. The van der Waals surface area contributed by atoms with E-state index in [0.717, 1.165) is 47.8 Å². The molecular formula is C25H26N4O3. The van der Waals surface area contributed by atoms with Gasteiger partial charge in [-0.2, -0.15) is 0 Å². The Bertz CT molecular complexity index is 1190. The van der Waals surface area contributed by atoms with Crippen LogP contribution in [-0.2, 0) is 16.7 Å². The number of benzene rings is 1. The van der Waals surface area contributed by atoms with Crippen LogP contribution in [-0.4, -0.2) is 60.3 Å². The topological polar surface area (TPSA) is 59.8 Å². The predicted molar refractivity (Wildman–Crippen MR) is 121 cm³/mol. The van der Waals surface area contributed by atoms with Crippen LogP contribution in [0.25, 0.3) is 5.82 Å². The number of nitrogens with zero attached hydrogens (tertiary/aromatic N) is 4. The molecule has 1 amide bonds. The van der Waals surface area contributed by atoms with Crippen molar-refractivity contribution in [1.29, 1.82) is 0 Å². The van der Waals surface area contributed by atoms with E-state index < -0.39 is 0 Å². The first kappa shape index (κ1) is 19.4. The molecule has 1 fully saturated rings. The highest BCUT2D eigenvalue weighted by Crippen LogP contribution is 2.47. The van der Waals surface area contributed by atoms with Gasteiger partial charge in [-0.05, 0) is 54.4 Å². The summed E-state index contributed by atoms with van der Waals surface area (Å²) >= 11 is 0. The van der Waals surface area contributed by atoms with Crippen molar-refractivity contribution in [1.82, 2.24) is 14.5 Å². The fraction of sp³-hybridized carbons (Fsp3) is 0.360. The van der Waals surface area contributed by atoms with Gasteiger partial charge >= 0.3 is 0 Å². The van der Waals surface area contributed by atoms with E-state index in [9.17, 15) is 4.79 Å². The lowest BCUT2D eigenvalue weighted by Gasteiger charge is -2.47. The van der Waals surface area contributed by atoms with Crippen LogP contribution in [0.5, 0.6) is 5.75 Å². The monoisotopic (exact) mass is 430 g/mol. The largest absolute Gasteiger partial charge is 0.493 e. The lowest BCUT2D eigenvalue weighted by Crippen LogP contribution is -2.53. The standard InChI is InChI=1S/C25H26N4O3/c1-31-15-13-29-20-4-2-10-26-23(20)28-11-3-5-22(28)25(29)9-12-27(17-25)24(30)19-6-7-21-18(16-19)8-14-32-21/h2-7,10-11,16H,8-9,12-15,17H2,1H3/t25-/m0/s1. The molecule has 0 bridgehead atoms. The molecule has 0 aliphatic carbocycles. The third-order valence-corrected chi connectivity index (χ3v) is 7.02. The van der Waals surface area contributed by atoms with E-state index in [4.69, 9.17) is 9.47 Å². The summed E-state index contributed by atoms with van der Waals surface area (Å²) in [6, 6.07) is 14.2. The number of hydrogen-bond donors (Lipinski definition) is 0. The Morgan fingerprint density at radius 3 is 3.09 bits per heavy atom. The van der Waals surface area contributed by atoms with Crippen LogP contribution in [0.4, 0.5) is 5.69 Å². The number of amides is 1. The molecular weight excluding hydrogens is 404 g/mol. The predicted octanol–water partition coefficient (Wildman–Crippen LogP) is 3.02. The van der Waals surface area contributed by atoms with Crippen LogP contribution in [0.3, 0.4) is 0 Å². The van der Waals surface area contributed by atoms with Gasteiger partial charge in [-0.1, -0.05) is 0 Å². The van der Waals surface area contributed by atoms with Crippen molar-refractivity contribution in [2.24, 2.45) is 0 Å². The number of carbonyl (C=O) groups excluding carboxylic acids is 1. The van der Waals surface area contributed by atoms with Crippen molar-refractivity contribution >= 4 is 11.6 Å². The zero-order valence-electron chi connectivity index (χ0n) is 18.2. The summed E-state index contributed by atoms with van der Waals surface area (Å²) in [5.74, 6) is 1.91. The molecule has 0 unspecified atom stereocenters. The van der Waals surface area contributed by atoms with Gasteiger partial charge in [0.1, 0.15) is 11.3 Å². The molecule has 3 aromatic rings. The van der Waals surface area contributed by atoms with E-state index >= 15 is 0 Å². The molecule has 0 saturated carbocycles. The number of fused-ring (bicyclic) bond motifs is 5. The van der Waals surface area contributed by atoms with E-state index in [1.807, 2.05) is 35.4 Å². The van der Waals surface area contributed by atoms with E-state index in [1.165, 1.54) is 5.69 Å². The fourth-order valence-corrected chi connectivity index (χ4v) is 5.51. The summed E-state index contributed by atoms with van der Waals surface area (Å²) in [5, 5.41) is 0. The summed E-state index contributed by atoms with van der Waals surface area (Å²) in [6.07, 6.45) is 5.62. The molecule has 1 atom stereocenters. The summed E-state index contributed by atoms with van der Waals surface area (Å²) in [4.78, 5) is 22.6. The number of hydrogen-bond acceptors (Lipinski definition) is 5. The first-order valence-corrected chi connectivity index (χ1v) is 11.2. The number of aromatic nitrogens is 2. The summed E-state index contributed by atoms with van der Waals surface area (Å²) in [5.41, 5.74) is 3.81. The molecule has 164 valence electrons. The third-order valence-electron chi connectivity index (χ3n) is 7.02. The van der Waals surface area contributed by atoms with E-state index in [-0.39, 0.29) is 11.4 Å². The Labute approximate surface area is 187 Å². The van der Waals surface area contributed by atoms with E-state index in [1.54, 1.807) is 7.11 Å². The number of pyridine rings is 1. The van der Waals surface area contributed by atoms with Crippen molar-refractivity contribution < 1.29 is 14.3 Å². The van der Waals surface area contributed by atoms with E-state index in [2.05, 4.69) is 38.8 Å². The Hall–Kier alpha value is -3.32. The van der Waals surface area contributed by atoms with Crippen molar-refractivity contribution in [2.45, 2.75) is 18.4 Å². The Balaban J connectivity index is 1.38. The zero-order valence-corrected chi connectivity index (χ0v) is 18.2. The molecule has 7 heteroatoms. The molecule has 6 rings (SSSR count). The third kappa shape index (κ3) is 2.77. The lowest BCUT2D eigenvalue weighted by molar-refractivity contribution is 0.0781. The first-order chi connectivity index (χ1) is 15.7. The second-order valence-electron chi connectivity index (χ2n) is 8.68.